The molecule has 2 aromatic rings. The monoisotopic (exact) mass is 366 g/mol. The standard InChI is InChI=1S/C19H23FO4S/c1-3-16-17(22-11-13-7-4-5-9-15(13)20)18(19(21-2)24-16)23-12-14-8-6-10-25-14/h4-10,16-19H,3,11-12H2,1-2H3/t16-,17+,18-,19?/m1/s1. The molecule has 0 bridgehead atoms. The third kappa shape index (κ3) is 4.46. The number of methoxy groups -OCH3 is 1. The van der Waals surface area contributed by atoms with Crippen LogP contribution in [0.1, 0.15) is 23.8 Å². The number of benzene rings is 1. The lowest BCUT2D eigenvalue weighted by atomic mass is 10.1. The van der Waals surface area contributed by atoms with E-state index >= 15 is 0 Å². The highest BCUT2D eigenvalue weighted by molar-refractivity contribution is 7.09. The first-order valence-electron chi connectivity index (χ1n) is 8.40. The summed E-state index contributed by atoms with van der Waals surface area (Å²) in [6.07, 6.45) is -0.542. The lowest BCUT2D eigenvalue weighted by molar-refractivity contribution is -0.166. The van der Waals surface area contributed by atoms with Crippen molar-refractivity contribution in [1.29, 1.82) is 0 Å². The third-order valence-corrected chi connectivity index (χ3v) is 5.14. The van der Waals surface area contributed by atoms with Crippen molar-refractivity contribution in [3.63, 3.8) is 0 Å². The Morgan fingerprint density at radius 3 is 2.56 bits per heavy atom. The minimum atomic E-state index is -0.490. The van der Waals surface area contributed by atoms with Crippen molar-refractivity contribution in [3.05, 3.63) is 58.0 Å². The zero-order valence-corrected chi connectivity index (χ0v) is 15.2. The van der Waals surface area contributed by atoms with Crippen molar-refractivity contribution < 1.29 is 23.3 Å². The van der Waals surface area contributed by atoms with Gasteiger partial charge >= 0.3 is 0 Å². The Balaban J connectivity index is 1.68. The molecule has 2 heterocycles. The summed E-state index contributed by atoms with van der Waals surface area (Å²) in [7, 11) is 1.60. The maximum Gasteiger partial charge on any atom is 0.186 e. The van der Waals surface area contributed by atoms with E-state index in [-0.39, 0.29) is 30.7 Å². The van der Waals surface area contributed by atoms with Gasteiger partial charge in [-0.15, -0.1) is 11.3 Å². The maximum absolute atomic E-state index is 13.9. The molecule has 1 saturated heterocycles. The van der Waals surface area contributed by atoms with E-state index in [1.165, 1.54) is 6.07 Å². The van der Waals surface area contributed by atoms with Crippen molar-refractivity contribution in [1.82, 2.24) is 0 Å². The SMILES string of the molecule is CC[C@H]1OC(OC)[C@H](OCc2cccs2)[C@H]1OCc1ccccc1F. The van der Waals surface area contributed by atoms with Crippen LogP contribution in [0.2, 0.25) is 0 Å². The molecule has 1 unspecified atom stereocenters. The Labute approximate surface area is 151 Å². The average Bonchev–Trinajstić information content (AvgIpc) is 3.26. The van der Waals surface area contributed by atoms with Crippen LogP contribution in [-0.2, 0) is 32.2 Å². The van der Waals surface area contributed by atoms with Gasteiger partial charge in [-0.3, -0.25) is 0 Å². The van der Waals surface area contributed by atoms with E-state index in [9.17, 15) is 4.39 Å². The zero-order valence-electron chi connectivity index (χ0n) is 14.4. The van der Waals surface area contributed by atoms with E-state index in [1.54, 1.807) is 36.6 Å². The van der Waals surface area contributed by atoms with Gasteiger partial charge in [0.25, 0.3) is 0 Å². The summed E-state index contributed by atoms with van der Waals surface area (Å²) in [4.78, 5) is 1.13. The molecular weight excluding hydrogens is 343 g/mol. The minimum absolute atomic E-state index is 0.148. The Morgan fingerprint density at radius 1 is 1.08 bits per heavy atom. The molecule has 4 nitrogen and oxygen atoms in total. The van der Waals surface area contributed by atoms with Crippen LogP contribution in [-0.4, -0.2) is 31.7 Å². The van der Waals surface area contributed by atoms with E-state index in [1.807, 2.05) is 24.4 Å². The van der Waals surface area contributed by atoms with E-state index in [0.717, 1.165) is 11.3 Å². The first-order chi connectivity index (χ1) is 12.2. The highest BCUT2D eigenvalue weighted by atomic mass is 32.1. The summed E-state index contributed by atoms with van der Waals surface area (Å²) in [6, 6.07) is 10.6. The average molecular weight is 366 g/mol. The lowest BCUT2D eigenvalue weighted by Gasteiger charge is -2.24. The number of rotatable bonds is 8. The molecule has 4 atom stereocenters. The first kappa shape index (κ1) is 18.5. The number of hydrogen-bond acceptors (Lipinski definition) is 5. The molecule has 0 aliphatic carbocycles. The fraction of sp³-hybridized carbons (Fsp3) is 0.474. The Morgan fingerprint density at radius 2 is 1.88 bits per heavy atom. The summed E-state index contributed by atoms with van der Waals surface area (Å²) in [5, 5.41) is 2.01. The molecule has 1 aromatic heterocycles. The first-order valence-corrected chi connectivity index (χ1v) is 9.28. The van der Waals surface area contributed by atoms with Crippen LogP contribution < -0.4 is 0 Å². The van der Waals surface area contributed by atoms with Gasteiger partial charge in [0.15, 0.2) is 6.29 Å². The second-order valence-electron chi connectivity index (χ2n) is 5.91. The molecule has 0 spiro atoms. The zero-order chi connectivity index (χ0) is 17.6. The van der Waals surface area contributed by atoms with Gasteiger partial charge in [-0.2, -0.15) is 0 Å². The maximum atomic E-state index is 13.9. The largest absolute Gasteiger partial charge is 0.368 e. The number of halogens is 1. The van der Waals surface area contributed by atoms with E-state index < -0.39 is 6.29 Å². The van der Waals surface area contributed by atoms with Crippen molar-refractivity contribution in [2.75, 3.05) is 7.11 Å². The molecule has 3 rings (SSSR count). The van der Waals surface area contributed by atoms with Gasteiger partial charge in [-0.1, -0.05) is 31.2 Å². The second-order valence-corrected chi connectivity index (χ2v) is 6.94. The van der Waals surface area contributed by atoms with Gasteiger partial charge < -0.3 is 18.9 Å². The van der Waals surface area contributed by atoms with Crippen molar-refractivity contribution in [3.8, 4) is 0 Å². The molecular formula is C19H23FO4S. The highest BCUT2D eigenvalue weighted by Gasteiger charge is 2.45. The molecule has 1 aliphatic heterocycles. The van der Waals surface area contributed by atoms with Gasteiger partial charge in [0.2, 0.25) is 0 Å². The molecule has 136 valence electrons. The summed E-state index contributed by atoms with van der Waals surface area (Å²) < 4.78 is 37.3. The van der Waals surface area contributed by atoms with Crippen molar-refractivity contribution in [2.24, 2.45) is 0 Å². The fourth-order valence-electron chi connectivity index (χ4n) is 2.96. The van der Waals surface area contributed by atoms with Crippen LogP contribution >= 0.6 is 11.3 Å². The molecule has 0 N–H and O–H groups in total. The molecule has 1 aromatic carbocycles. The number of thiophene rings is 1. The van der Waals surface area contributed by atoms with Gasteiger partial charge in [0, 0.05) is 17.6 Å². The summed E-state index contributed by atoms with van der Waals surface area (Å²) in [5.74, 6) is -0.270. The van der Waals surface area contributed by atoms with Crippen LogP contribution in [0, 0.1) is 5.82 Å². The third-order valence-electron chi connectivity index (χ3n) is 4.29. The predicted octanol–water partition coefficient (Wildman–Crippen LogP) is 4.14. The van der Waals surface area contributed by atoms with E-state index in [4.69, 9.17) is 18.9 Å². The Kier molecular flexibility index (Phi) is 6.56. The summed E-state index contributed by atoms with van der Waals surface area (Å²) in [5.41, 5.74) is 0.523. The number of ether oxygens (including phenoxy) is 4. The predicted molar refractivity (Wildman–Crippen MR) is 93.8 cm³/mol. The molecule has 1 fully saturated rings. The van der Waals surface area contributed by atoms with Crippen LogP contribution in [0.5, 0.6) is 0 Å². The van der Waals surface area contributed by atoms with Gasteiger partial charge in [-0.05, 0) is 23.9 Å². The van der Waals surface area contributed by atoms with Crippen molar-refractivity contribution >= 4 is 11.3 Å². The molecule has 1 aliphatic rings. The quantitative estimate of drug-likeness (QED) is 0.704. The van der Waals surface area contributed by atoms with Gasteiger partial charge in [-0.25, -0.2) is 4.39 Å². The lowest BCUT2D eigenvalue weighted by Crippen LogP contribution is -2.38. The molecule has 0 radical (unpaired) electrons. The second kappa shape index (κ2) is 8.87. The fourth-order valence-corrected chi connectivity index (χ4v) is 3.59. The Bertz CT molecular complexity index is 649. The molecule has 0 amide bonds. The minimum Gasteiger partial charge on any atom is -0.368 e. The van der Waals surface area contributed by atoms with Gasteiger partial charge in [0.1, 0.15) is 18.0 Å². The normalized spacial score (nSPS) is 26.2. The Hall–Kier alpha value is -1.31. The molecule has 6 heteroatoms. The summed E-state index contributed by atoms with van der Waals surface area (Å²) in [6.45, 7) is 2.67. The van der Waals surface area contributed by atoms with Crippen LogP contribution in [0.3, 0.4) is 0 Å². The van der Waals surface area contributed by atoms with Crippen molar-refractivity contribution in [2.45, 2.75) is 51.2 Å². The van der Waals surface area contributed by atoms with E-state index in [2.05, 4.69) is 0 Å². The smallest absolute Gasteiger partial charge is 0.186 e. The van der Waals surface area contributed by atoms with Gasteiger partial charge in [0.05, 0.1) is 19.3 Å². The number of hydrogen-bond donors (Lipinski definition) is 0. The summed E-state index contributed by atoms with van der Waals surface area (Å²) >= 11 is 1.64. The van der Waals surface area contributed by atoms with Crippen LogP contribution in [0.4, 0.5) is 4.39 Å². The molecule has 0 saturated carbocycles. The van der Waals surface area contributed by atoms with Crippen LogP contribution in [0.25, 0.3) is 0 Å². The molecule has 25 heavy (non-hydrogen) atoms. The highest BCUT2D eigenvalue weighted by Crippen LogP contribution is 2.31. The van der Waals surface area contributed by atoms with E-state index in [0.29, 0.717) is 12.2 Å². The van der Waals surface area contributed by atoms with Crippen LogP contribution in [0.15, 0.2) is 41.8 Å². The topological polar surface area (TPSA) is 36.9 Å².